The van der Waals surface area contributed by atoms with Crippen LogP contribution >= 0.6 is 0 Å². The molecule has 0 bridgehead atoms. The zero-order valence-corrected chi connectivity index (χ0v) is 11.8. The summed E-state index contributed by atoms with van der Waals surface area (Å²) >= 11 is 0. The first kappa shape index (κ1) is 14.1. The highest BCUT2D eigenvalue weighted by Gasteiger charge is 2.25. The summed E-state index contributed by atoms with van der Waals surface area (Å²) in [4.78, 5) is 14.3. The van der Waals surface area contributed by atoms with Gasteiger partial charge in [0.25, 0.3) is 0 Å². The number of unbranched alkanes of at least 4 members (excludes halogenated alkanes) is 1. The van der Waals surface area contributed by atoms with E-state index in [4.69, 9.17) is 0 Å². The molecule has 1 N–H and O–H groups in total. The molecule has 0 radical (unpaired) electrons. The van der Waals surface area contributed by atoms with Gasteiger partial charge in [-0.25, -0.2) is 0 Å². The van der Waals surface area contributed by atoms with Crippen molar-refractivity contribution in [1.29, 1.82) is 0 Å². The summed E-state index contributed by atoms with van der Waals surface area (Å²) in [6, 6.07) is 10.8. The number of hydrogen-bond acceptors (Lipinski definition) is 2. The van der Waals surface area contributed by atoms with Crippen LogP contribution in [0.4, 0.5) is 0 Å². The van der Waals surface area contributed by atoms with Gasteiger partial charge < -0.3 is 10.2 Å². The molecule has 0 aromatic heterocycles. The number of nitrogens with one attached hydrogen (secondary N) is 1. The first-order valence-corrected chi connectivity index (χ1v) is 7.35. The normalized spacial score (nSPS) is 19.4. The Hall–Kier alpha value is -1.35. The highest BCUT2D eigenvalue weighted by Crippen LogP contribution is 2.13. The van der Waals surface area contributed by atoms with Gasteiger partial charge in [-0.1, -0.05) is 43.7 Å². The van der Waals surface area contributed by atoms with Crippen LogP contribution in [0.3, 0.4) is 0 Å². The average molecular weight is 260 g/mol. The lowest BCUT2D eigenvalue weighted by Crippen LogP contribution is -2.54. The van der Waals surface area contributed by atoms with Gasteiger partial charge in [-0.15, -0.1) is 0 Å². The Morgan fingerprint density at radius 1 is 1.37 bits per heavy atom. The van der Waals surface area contributed by atoms with E-state index in [0.717, 1.165) is 38.9 Å². The number of amides is 1. The molecule has 1 aliphatic heterocycles. The number of carbonyl (C=O) groups excluding carboxylic acids is 1. The Balaban J connectivity index is 1.97. The van der Waals surface area contributed by atoms with Crippen molar-refractivity contribution in [3.05, 3.63) is 35.9 Å². The molecule has 0 spiro atoms. The van der Waals surface area contributed by atoms with Gasteiger partial charge in [-0.3, -0.25) is 4.79 Å². The average Bonchev–Trinajstić information content (AvgIpc) is 2.46. The van der Waals surface area contributed by atoms with Crippen LogP contribution in [-0.2, 0) is 11.2 Å². The maximum Gasteiger partial charge on any atom is 0.222 e. The van der Waals surface area contributed by atoms with Crippen molar-refractivity contribution in [1.82, 2.24) is 10.2 Å². The van der Waals surface area contributed by atoms with Crippen LogP contribution in [0.25, 0.3) is 0 Å². The Bertz CT molecular complexity index is 391. The molecule has 3 nitrogen and oxygen atoms in total. The van der Waals surface area contributed by atoms with Crippen molar-refractivity contribution in [3.8, 4) is 0 Å². The molecule has 1 aromatic rings. The molecule has 1 fully saturated rings. The van der Waals surface area contributed by atoms with Crippen LogP contribution < -0.4 is 5.32 Å². The van der Waals surface area contributed by atoms with Crippen molar-refractivity contribution >= 4 is 5.91 Å². The highest BCUT2D eigenvalue weighted by molar-refractivity contribution is 5.76. The van der Waals surface area contributed by atoms with E-state index in [9.17, 15) is 4.79 Å². The predicted molar refractivity (Wildman–Crippen MR) is 78.0 cm³/mol. The lowest BCUT2D eigenvalue weighted by Gasteiger charge is -2.36. The lowest BCUT2D eigenvalue weighted by atomic mass is 10.0. The minimum absolute atomic E-state index is 0.306. The smallest absolute Gasteiger partial charge is 0.222 e. The summed E-state index contributed by atoms with van der Waals surface area (Å²) in [6.07, 6.45) is 3.73. The van der Waals surface area contributed by atoms with E-state index < -0.39 is 0 Å². The number of hydrogen-bond donors (Lipinski definition) is 1. The van der Waals surface area contributed by atoms with E-state index in [1.807, 2.05) is 6.07 Å². The summed E-state index contributed by atoms with van der Waals surface area (Å²) in [7, 11) is 0. The molecular formula is C16H24N2O. The Morgan fingerprint density at radius 2 is 2.16 bits per heavy atom. The lowest BCUT2D eigenvalue weighted by molar-refractivity contribution is -0.134. The van der Waals surface area contributed by atoms with E-state index in [1.54, 1.807) is 0 Å². The molecule has 19 heavy (non-hydrogen) atoms. The number of piperazine rings is 1. The molecular weight excluding hydrogens is 236 g/mol. The maximum absolute atomic E-state index is 12.3. The van der Waals surface area contributed by atoms with Gasteiger partial charge in [0, 0.05) is 32.1 Å². The van der Waals surface area contributed by atoms with Crippen LogP contribution in [0.1, 0.15) is 31.7 Å². The summed E-state index contributed by atoms with van der Waals surface area (Å²) in [6.45, 7) is 4.81. The SMILES string of the molecule is CCCCC(=O)N1CCNCC1Cc1ccccc1. The van der Waals surface area contributed by atoms with Gasteiger partial charge >= 0.3 is 0 Å². The third-order valence-electron chi connectivity index (χ3n) is 3.73. The van der Waals surface area contributed by atoms with E-state index >= 15 is 0 Å². The van der Waals surface area contributed by atoms with Gasteiger partial charge in [0.1, 0.15) is 0 Å². The third kappa shape index (κ3) is 4.06. The van der Waals surface area contributed by atoms with Gasteiger partial charge in [-0.2, -0.15) is 0 Å². The first-order chi connectivity index (χ1) is 9.31. The molecule has 1 heterocycles. The second kappa shape index (κ2) is 7.29. The molecule has 1 amide bonds. The molecule has 1 unspecified atom stereocenters. The summed E-state index contributed by atoms with van der Waals surface area (Å²) < 4.78 is 0. The van der Waals surface area contributed by atoms with E-state index in [0.29, 0.717) is 18.4 Å². The summed E-state index contributed by atoms with van der Waals surface area (Å²) in [5.41, 5.74) is 1.31. The van der Waals surface area contributed by atoms with Crippen molar-refractivity contribution in [2.75, 3.05) is 19.6 Å². The Kier molecular flexibility index (Phi) is 5.40. The van der Waals surface area contributed by atoms with Crippen molar-refractivity contribution in [3.63, 3.8) is 0 Å². The maximum atomic E-state index is 12.3. The molecule has 0 saturated carbocycles. The standard InChI is InChI=1S/C16H24N2O/c1-2-3-9-16(19)18-11-10-17-13-15(18)12-14-7-5-4-6-8-14/h4-8,15,17H,2-3,9-13H2,1H3. The molecule has 1 aromatic carbocycles. The van der Waals surface area contributed by atoms with E-state index in [-0.39, 0.29) is 0 Å². The van der Waals surface area contributed by atoms with E-state index in [2.05, 4.69) is 41.4 Å². The van der Waals surface area contributed by atoms with Gasteiger partial charge in [0.2, 0.25) is 5.91 Å². The molecule has 104 valence electrons. The fourth-order valence-corrected chi connectivity index (χ4v) is 2.63. The third-order valence-corrected chi connectivity index (χ3v) is 3.73. The number of carbonyl (C=O) groups is 1. The molecule has 0 aliphatic carbocycles. The second-order valence-electron chi connectivity index (χ2n) is 5.24. The number of benzene rings is 1. The topological polar surface area (TPSA) is 32.3 Å². The molecule has 2 rings (SSSR count). The second-order valence-corrected chi connectivity index (χ2v) is 5.24. The van der Waals surface area contributed by atoms with Crippen LogP contribution in [0, 0.1) is 0 Å². The highest BCUT2D eigenvalue weighted by atomic mass is 16.2. The summed E-state index contributed by atoms with van der Waals surface area (Å²) in [5.74, 6) is 0.323. The van der Waals surface area contributed by atoms with Gasteiger partial charge in [0.15, 0.2) is 0 Å². The van der Waals surface area contributed by atoms with Crippen molar-refractivity contribution in [2.24, 2.45) is 0 Å². The molecule has 1 saturated heterocycles. The molecule has 1 aliphatic rings. The van der Waals surface area contributed by atoms with Crippen LogP contribution in [0.5, 0.6) is 0 Å². The quantitative estimate of drug-likeness (QED) is 0.880. The zero-order chi connectivity index (χ0) is 13.5. The fraction of sp³-hybridized carbons (Fsp3) is 0.562. The van der Waals surface area contributed by atoms with Gasteiger partial charge in [0.05, 0.1) is 0 Å². The minimum atomic E-state index is 0.306. The first-order valence-electron chi connectivity index (χ1n) is 7.35. The molecule has 1 atom stereocenters. The Labute approximate surface area is 116 Å². The van der Waals surface area contributed by atoms with Crippen molar-refractivity contribution < 1.29 is 4.79 Å². The summed E-state index contributed by atoms with van der Waals surface area (Å²) in [5, 5.41) is 3.40. The van der Waals surface area contributed by atoms with E-state index in [1.165, 1.54) is 5.56 Å². The monoisotopic (exact) mass is 260 g/mol. The molecule has 3 heteroatoms. The van der Waals surface area contributed by atoms with Gasteiger partial charge in [-0.05, 0) is 18.4 Å². The van der Waals surface area contributed by atoms with Crippen LogP contribution in [0.2, 0.25) is 0 Å². The minimum Gasteiger partial charge on any atom is -0.337 e. The zero-order valence-electron chi connectivity index (χ0n) is 11.8. The Morgan fingerprint density at radius 3 is 2.89 bits per heavy atom. The van der Waals surface area contributed by atoms with Crippen LogP contribution in [-0.4, -0.2) is 36.5 Å². The van der Waals surface area contributed by atoms with Crippen LogP contribution in [0.15, 0.2) is 30.3 Å². The number of nitrogens with zero attached hydrogens (tertiary/aromatic N) is 1. The number of rotatable bonds is 5. The largest absolute Gasteiger partial charge is 0.337 e. The predicted octanol–water partition coefficient (Wildman–Crippen LogP) is 2.22. The van der Waals surface area contributed by atoms with Crippen molar-refractivity contribution in [2.45, 2.75) is 38.6 Å². The fourth-order valence-electron chi connectivity index (χ4n) is 2.63.